The van der Waals surface area contributed by atoms with Crippen molar-refractivity contribution >= 4 is 37.5 Å². The van der Waals surface area contributed by atoms with Gasteiger partial charge in [0.25, 0.3) is 20.0 Å². The van der Waals surface area contributed by atoms with Crippen LogP contribution in [0.5, 0.6) is 0 Å². The van der Waals surface area contributed by atoms with Crippen molar-refractivity contribution in [2.24, 2.45) is 0 Å². The third-order valence-electron chi connectivity index (χ3n) is 6.13. The average Bonchev–Trinajstić information content (AvgIpc) is 3.37. The zero-order chi connectivity index (χ0) is 28.2. The zero-order valence-electron chi connectivity index (χ0n) is 21.5. The van der Waals surface area contributed by atoms with Crippen LogP contribution in [-0.4, -0.2) is 49.4 Å². The molecule has 1 heterocycles. The second-order valence-electron chi connectivity index (χ2n) is 9.06. The van der Waals surface area contributed by atoms with Gasteiger partial charge in [-0.3, -0.25) is 4.31 Å². The number of rotatable bonds is 11. The van der Waals surface area contributed by atoms with E-state index in [0.717, 1.165) is 24.3 Å². The first-order valence-electron chi connectivity index (χ1n) is 12.1. The van der Waals surface area contributed by atoms with Crippen molar-refractivity contribution in [3.8, 4) is 0 Å². The van der Waals surface area contributed by atoms with Gasteiger partial charge in [-0.25, -0.2) is 20.8 Å². The summed E-state index contributed by atoms with van der Waals surface area (Å²) in [5, 5.41) is 19.8. The molecule has 0 aliphatic heterocycles. The Labute approximate surface area is 233 Å². The highest BCUT2D eigenvalue weighted by Crippen LogP contribution is 2.33. The monoisotopic (exact) mass is 586 g/mol. The first-order chi connectivity index (χ1) is 18.6. The number of nitrogens with zero attached hydrogens (tertiary/aromatic N) is 2. The van der Waals surface area contributed by atoms with E-state index in [-0.39, 0.29) is 34.2 Å². The van der Waals surface area contributed by atoms with Crippen molar-refractivity contribution in [3.63, 3.8) is 0 Å². The van der Waals surface area contributed by atoms with Crippen LogP contribution in [0.3, 0.4) is 0 Å². The Morgan fingerprint density at radius 1 is 0.795 bits per heavy atom. The van der Waals surface area contributed by atoms with Gasteiger partial charge < -0.3 is 10.2 Å². The molecule has 4 rings (SSSR count). The van der Waals surface area contributed by atoms with Gasteiger partial charge in [0, 0.05) is 29.4 Å². The first-order valence-corrected chi connectivity index (χ1v) is 15.9. The lowest BCUT2D eigenvalue weighted by Crippen LogP contribution is -2.38. The highest BCUT2D eigenvalue weighted by atomic mass is 32.2. The number of hydrogen-bond acceptors (Lipinski definition) is 7. The van der Waals surface area contributed by atoms with Crippen LogP contribution in [0.1, 0.15) is 16.7 Å². The van der Waals surface area contributed by atoms with E-state index in [2.05, 4.69) is 0 Å². The zero-order valence-corrected chi connectivity index (χ0v) is 24.0. The highest BCUT2D eigenvalue weighted by molar-refractivity contribution is 8.00. The highest BCUT2D eigenvalue weighted by Gasteiger charge is 2.32. The molecule has 0 spiro atoms. The first kappa shape index (κ1) is 28.9. The summed E-state index contributed by atoms with van der Waals surface area (Å²) in [6.45, 7) is 2.57. The number of thioether (sulfide) groups is 1. The maximum Gasteiger partial charge on any atom is 0.267 e. The smallest absolute Gasteiger partial charge is 0.267 e. The number of aliphatic hydroxyl groups is 2. The van der Waals surface area contributed by atoms with Crippen LogP contribution in [0, 0.1) is 13.8 Å². The van der Waals surface area contributed by atoms with E-state index in [1.807, 2.05) is 44.2 Å². The molecule has 0 bridgehead atoms. The lowest BCUT2D eigenvalue weighted by atomic mass is 10.2. The van der Waals surface area contributed by atoms with E-state index in [1.54, 1.807) is 24.3 Å². The number of aryl methyl sites for hydroxylation is 2. The third kappa shape index (κ3) is 6.39. The average molecular weight is 587 g/mol. The standard InChI is InChI=1S/C28H30N2O6S3/c1-21-8-12-26(13-9-21)38(33,34)29-16-23(19-31)28(18-29)30(39(35,36)27-14-10-22(2)11-15-27)17-25(20-32)37-24-6-4-3-5-7-24/h3-16,18,25,31-32H,17,19-20H2,1-2H3/t25-/m1/s1. The predicted molar refractivity (Wildman–Crippen MR) is 153 cm³/mol. The van der Waals surface area contributed by atoms with Gasteiger partial charge in [0.15, 0.2) is 0 Å². The third-order valence-corrected chi connectivity index (χ3v) is 10.7. The van der Waals surface area contributed by atoms with Crippen LogP contribution in [0.15, 0.2) is 106 Å². The second kappa shape index (κ2) is 12.0. The molecular formula is C28H30N2O6S3. The normalized spacial score (nSPS) is 12.8. The van der Waals surface area contributed by atoms with Crippen molar-refractivity contribution < 1.29 is 27.0 Å². The van der Waals surface area contributed by atoms with Gasteiger partial charge >= 0.3 is 0 Å². The molecule has 8 nitrogen and oxygen atoms in total. The summed E-state index contributed by atoms with van der Waals surface area (Å²) in [5.74, 6) is 0. The molecule has 1 atom stereocenters. The summed E-state index contributed by atoms with van der Waals surface area (Å²) in [7, 11) is -8.28. The summed E-state index contributed by atoms with van der Waals surface area (Å²) in [6.07, 6.45) is 2.43. The molecule has 0 saturated carbocycles. The molecule has 3 aromatic carbocycles. The predicted octanol–water partition coefficient (Wildman–Crippen LogP) is 4.18. The number of sulfonamides is 1. The van der Waals surface area contributed by atoms with Crippen molar-refractivity contribution in [3.05, 3.63) is 108 Å². The second-order valence-corrected chi connectivity index (χ2v) is 14.1. The maximum absolute atomic E-state index is 14.0. The molecule has 11 heteroatoms. The number of benzene rings is 3. The summed E-state index contributed by atoms with van der Waals surface area (Å²) < 4.78 is 56.7. The van der Waals surface area contributed by atoms with Crippen molar-refractivity contribution in [1.82, 2.24) is 3.97 Å². The number of aromatic nitrogens is 1. The Balaban J connectivity index is 1.82. The van der Waals surface area contributed by atoms with Gasteiger partial charge in [0.1, 0.15) is 0 Å². The number of hydrogen-bond donors (Lipinski definition) is 2. The van der Waals surface area contributed by atoms with Crippen LogP contribution < -0.4 is 4.31 Å². The van der Waals surface area contributed by atoms with Crippen LogP contribution in [0.2, 0.25) is 0 Å². The van der Waals surface area contributed by atoms with Crippen molar-refractivity contribution in [2.75, 3.05) is 17.5 Å². The van der Waals surface area contributed by atoms with Gasteiger partial charge in [-0.15, -0.1) is 11.8 Å². The molecule has 0 unspecified atom stereocenters. The van der Waals surface area contributed by atoms with Crippen LogP contribution in [0.25, 0.3) is 0 Å². The Morgan fingerprint density at radius 2 is 1.36 bits per heavy atom. The van der Waals surface area contributed by atoms with Gasteiger partial charge in [0.2, 0.25) is 0 Å². The number of aliphatic hydroxyl groups excluding tert-OH is 2. The van der Waals surface area contributed by atoms with E-state index in [1.165, 1.54) is 48.4 Å². The molecule has 206 valence electrons. The molecule has 0 radical (unpaired) electrons. The largest absolute Gasteiger partial charge is 0.395 e. The van der Waals surface area contributed by atoms with Gasteiger partial charge in [0.05, 0.1) is 33.9 Å². The lowest BCUT2D eigenvalue weighted by molar-refractivity contribution is 0.282. The van der Waals surface area contributed by atoms with E-state index >= 15 is 0 Å². The van der Waals surface area contributed by atoms with E-state index in [9.17, 15) is 27.0 Å². The Morgan fingerprint density at radius 3 is 1.90 bits per heavy atom. The van der Waals surface area contributed by atoms with Crippen molar-refractivity contribution in [1.29, 1.82) is 0 Å². The van der Waals surface area contributed by atoms with Crippen LogP contribution in [-0.2, 0) is 26.7 Å². The number of anilines is 1. The van der Waals surface area contributed by atoms with Gasteiger partial charge in [-0.2, -0.15) is 0 Å². The van der Waals surface area contributed by atoms with E-state index in [0.29, 0.717) is 0 Å². The quantitative estimate of drug-likeness (QED) is 0.253. The summed E-state index contributed by atoms with van der Waals surface area (Å²) >= 11 is 1.31. The molecule has 0 amide bonds. The molecule has 1 aromatic heterocycles. The fraction of sp³-hybridized carbons (Fsp3) is 0.214. The molecule has 0 aliphatic rings. The van der Waals surface area contributed by atoms with Gasteiger partial charge in [-0.05, 0) is 50.2 Å². The molecule has 0 aliphatic carbocycles. The van der Waals surface area contributed by atoms with Crippen LogP contribution in [0.4, 0.5) is 5.69 Å². The maximum atomic E-state index is 14.0. The summed E-state index contributed by atoms with van der Waals surface area (Å²) in [5.41, 5.74) is 1.89. The fourth-order valence-electron chi connectivity index (χ4n) is 3.95. The van der Waals surface area contributed by atoms with Crippen LogP contribution >= 0.6 is 11.8 Å². The minimum absolute atomic E-state index is 0.00697. The fourth-order valence-corrected chi connectivity index (χ4v) is 7.80. The molecule has 0 fully saturated rings. The lowest BCUT2D eigenvalue weighted by Gasteiger charge is -2.28. The van der Waals surface area contributed by atoms with Crippen molar-refractivity contribution in [2.45, 2.75) is 40.4 Å². The Hall–Kier alpha value is -3.09. The SMILES string of the molecule is Cc1ccc(S(=O)(=O)N(C[C@H](CO)Sc2ccccc2)c2cn(S(=O)(=O)c3ccc(C)cc3)cc2CO)cc1. The minimum atomic E-state index is -4.21. The van der Waals surface area contributed by atoms with E-state index in [4.69, 9.17) is 0 Å². The molecule has 0 saturated heterocycles. The summed E-state index contributed by atoms with van der Waals surface area (Å²) in [4.78, 5) is 0.874. The van der Waals surface area contributed by atoms with Gasteiger partial charge in [-0.1, -0.05) is 53.6 Å². The van der Waals surface area contributed by atoms with E-state index < -0.39 is 31.9 Å². The molecule has 39 heavy (non-hydrogen) atoms. The molecule has 4 aromatic rings. The Bertz CT molecular complexity index is 1620. The molecular weight excluding hydrogens is 557 g/mol. The minimum Gasteiger partial charge on any atom is -0.395 e. The molecule has 2 N–H and O–H groups in total. The summed E-state index contributed by atoms with van der Waals surface area (Å²) in [6, 6.07) is 21.9. The topological polar surface area (TPSA) is 117 Å². The Kier molecular flexibility index (Phi) is 8.87.